The number of hydrogen-bond acceptors (Lipinski definition) is 4. The van der Waals surface area contributed by atoms with E-state index in [1.54, 1.807) is 7.11 Å². The summed E-state index contributed by atoms with van der Waals surface area (Å²) in [6.07, 6.45) is 0. The normalized spacial score (nSPS) is 10.3. The number of amides is 2. The molecule has 1 heterocycles. The van der Waals surface area contributed by atoms with Crippen molar-refractivity contribution in [1.82, 2.24) is 10.3 Å². The number of benzene rings is 1. The lowest BCUT2D eigenvalue weighted by atomic mass is 10.2. The predicted molar refractivity (Wildman–Crippen MR) is 81.2 cm³/mol. The molecule has 1 aromatic heterocycles. The fraction of sp³-hybridized carbons (Fsp3) is 0.286. The molecule has 2 aromatic rings. The van der Waals surface area contributed by atoms with E-state index in [1.807, 2.05) is 37.3 Å². The van der Waals surface area contributed by atoms with Gasteiger partial charge in [0.05, 0.1) is 12.3 Å². The van der Waals surface area contributed by atoms with Crippen LogP contribution in [0.25, 0.3) is 10.6 Å². The van der Waals surface area contributed by atoms with Crippen LogP contribution in [-0.4, -0.2) is 31.3 Å². The van der Waals surface area contributed by atoms with Gasteiger partial charge in [0, 0.05) is 19.2 Å². The Morgan fingerprint density at radius 3 is 2.80 bits per heavy atom. The van der Waals surface area contributed by atoms with Crippen molar-refractivity contribution in [2.45, 2.75) is 6.92 Å². The van der Waals surface area contributed by atoms with E-state index < -0.39 is 0 Å². The number of anilines is 1. The first kappa shape index (κ1) is 14.5. The highest BCUT2D eigenvalue weighted by atomic mass is 32.1. The molecule has 20 heavy (non-hydrogen) atoms. The number of hydrogen-bond donors (Lipinski definition) is 2. The zero-order valence-corrected chi connectivity index (χ0v) is 12.3. The van der Waals surface area contributed by atoms with Gasteiger partial charge in [-0.25, -0.2) is 9.78 Å². The van der Waals surface area contributed by atoms with E-state index in [0.717, 1.165) is 21.3 Å². The van der Waals surface area contributed by atoms with Gasteiger partial charge in [0.25, 0.3) is 0 Å². The molecule has 2 N–H and O–H groups in total. The number of urea groups is 1. The molecule has 0 aliphatic heterocycles. The molecule has 0 saturated carbocycles. The van der Waals surface area contributed by atoms with Crippen molar-refractivity contribution in [3.63, 3.8) is 0 Å². The van der Waals surface area contributed by atoms with Crippen molar-refractivity contribution < 1.29 is 9.53 Å². The van der Waals surface area contributed by atoms with Crippen molar-refractivity contribution in [1.29, 1.82) is 0 Å². The highest BCUT2D eigenvalue weighted by molar-refractivity contribution is 7.19. The SMILES string of the molecule is COCCNC(=O)Nc1sc(-c2ccccc2)nc1C. The van der Waals surface area contributed by atoms with Crippen molar-refractivity contribution in [3.05, 3.63) is 36.0 Å². The number of rotatable bonds is 5. The Labute approximate surface area is 122 Å². The van der Waals surface area contributed by atoms with Crippen LogP contribution < -0.4 is 10.6 Å². The smallest absolute Gasteiger partial charge is 0.319 e. The summed E-state index contributed by atoms with van der Waals surface area (Å²) in [5.41, 5.74) is 1.86. The number of methoxy groups -OCH3 is 1. The lowest BCUT2D eigenvalue weighted by Gasteiger charge is -2.05. The minimum absolute atomic E-state index is 0.242. The van der Waals surface area contributed by atoms with Gasteiger partial charge in [-0.15, -0.1) is 0 Å². The summed E-state index contributed by atoms with van der Waals surface area (Å²) in [5, 5.41) is 7.18. The molecule has 0 aliphatic rings. The standard InChI is InChI=1S/C14H17N3O2S/c1-10-12(17-14(18)15-8-9-19-2)20-13(16-10)11-6-4-3-5-7-11/h3-7H,8-9H2,1-2H3,(H2,15,17,18). The van der Waals surface area contributed by atoms with E-state index in [9.17, 15) is 4.79 Å². The lowest BCUT2D eigenvalue weighted by molar-refractivity contribution is 0.198. The number of thiazole rings is 1. The summed E-state index contributed by atoms with van der Waals surface area (Å²) in [5.74, 6) is 0. The Bertz CT molecular complexity index is 569. The molecular formula is C14H17N3O2S. The van der Waals surface area contributed by atoms with Gasteiger partial charge in [-0.3, -0.25) is 5.32 Å². The molecule has 0 aliphatic carbocycles. The van der Waals surface area contributed by atoms with E-state index in [1.165, 1.54) is 11.3 Å². The van der Waals surface area contributed by atoms with Crippen LogP contribution in [0.15, 0.2) is 30.3 Å². The van der Waals surface area contributed by atoms with Gasteiger partial charge < -0.3 is 10.1 Å². The zero-order chi connectivity index (χ0) is 14.4. The number of carbonyl (C=O) groups is 1. The molecule has 0 unspecified atom stereocenters. The fourth-order valence-corrected chi connectivity index (χ4v) is 2.60. The highest BCUT2D eigenvalue weighted by Gasteiger charge is 2.11. The average Bonchev–Trinajstić information content (AvgIpc) is 2.81. The fourth-order valence-electron chi connectivity index (χ4n) is 1.63. The number of aryl methyl sites for hydroxylation is 1. The van der Waals surface area contributed by atoms with E-state index in [0.29, 0.717) is 13.2 Å². The molecule has 0 saturated heterocycles. The number of carbonyl (C=O) groups excluding carboxylic acids is 1. The summed E-state index contributed by atoms with van der Waals surface area (Å²) in [4.78, 5) is 16.2. The van der Waals surface area contributed by atoms with Crippen LogP contribution in [0.1, 0.15) is 5.69 Å². The van der Waals surface area contributed by atoms with Gasteiger partial charge in [0.2, 0.25) is 0 Å². The third-order valence-corrected chi connectivity index (χ3v) is 3.76. The first-order valence-corrected chi connectivity index (χ1v) is 7.09. The van der Waals surface area contributed by atoms with E-state index in [2.05, 4.69) is 15.6 Å². The minimum atomic E-state index is -0.242. The molecule has 2 rings (SSSR count). The maximum atomic E-state index is 11.7. The number of nitrogens with zero attached hydrogens (tertiary/aromatic N) is 1. The van der Waals surface area contributed by atoms with Crippen LogP contribution in [0.2, 0.25) is 0 Å². The van der Waals surface area contributed by atoms with Gasteiger partial charge in [0.15, 0.2) is 0 Å². The monoisotopic (exact) mass is 291 g/mol. The molecule has 0 radical (unpaired) electrons. The Morgan fingerprint density at radius 1 is 1.35 bits per heavy atom. The van der Waals surface area contributed by atoms with E-state index in [4.69, 9.17) is 4.74 Å². The molecule has 5 nitrogen and oxygen atoms in total. The summed E-state index contributed by atoms with van der Waals surface area (Å²) < 4.78 is 4.88. The molecule has 1 aromatic carbocycles. The number of ether oxygens (including phenoxy) is 1. The van der Waals surface area contributed by atoms with Gasteiger partial charge in [0.1, 0.15) is 10.0 Å². The quantitative estimate of drug-likeness (QED) is 0.833. The largest absolute Gasteiger partial charge is 0.383 e. The summed E-state index contributed by atoms with van der Waals surface area (Å²) >= 11 is 1.47. The first-order valence-electron chi connectivity index (χ1n) is 6.27. The Kier molecular flexibility index (Phi) is 5.09. The van der Waals surface area contributed by atoms with Crippen LogP contribution >= 0.6 is 11.3 Å². The van der Waals surface area contributed by atoms with Crippen molar-refractivity contribution in [3.8, 4) is 10.6 Å². The summed E-state index contributed by atoms with van der Waals surface area (Å²) in [6, 6.07) is 9.66. The van der Waals surface area contributed by atoms with Crippen LogP contribution in [-0.2, 0) is 4.74 Å². The van der Waals surface area contributed by atoms with Crippen LogP contribution in [0.3, 0.4) is 0 Å². The second kappa shape index (κ2) is 7.02. The van der Waals surface area contributed by atoms with Crippen LogP contribution in [0.5, 0.6) is 0 Å². The summed E-state index contributed by atoms with van der Waals surface area (Å²) in [7, 11) is 1.60. The van der Waals surface area contributed by atoms with E-state index in [-0.39, 0.29) is 6.03 Å². The molecule has 0 bridgehead atoms. The lowest BCUT2D eigenvalue weighted by Crippen LogP contribution is -2.31. The maximum absolute atomic E-state index is 11.7. The van der Waals surface area contributed by atoms with E-state index >= 15 is 0 Å². The predicted octanol–water partition coefficient (Wildman–Crippen LogP) is 2.89. The summed E-state index contributed by atoms with van der Waals surface area (Å²) in [6.45, 7) is 2.85. The maximum Gasteiger partial charge on any atom is 0.319 e. The molecule has 0 atom stereocenters. The van der Waals surface area contributed by atoms with Crippen molar-refractivity contribution in [2.75, 3.05) is 25.6 Å². The second-order valence-electron chi connectivity index (χ2n) is 4.17. The Hall–Kier alpha value is -1.92. The molecular weight excluding hydrogens is 274 g/mol. The molecule has 2 amide bonds. The first-order chi connectivity index (χ1) is 9.70. The third kappa shape index (κ3) is 3.79. The molecule has 0 spiro atoms. The van der Waals surface area contributed by atoms with Gasteiger partial charge >= 0.3 is 6.03 Å². The van der Waals surface area contributed by atoms with Crippen molar-refractivity contribution >= 4 is 22.4 Å². The van der Waals surface area contributed by atoms with Gasteiger partial charge in [-0.2, -0.15) is 0 Å². The van der Waals surface area contributed by atoms with Crippen molar-refractivity contribution in [2.24, 2.45) is 0 Å². The molecule has 106 valence electrons. The molecule has 6 heteroatoms. The van der Waals surface area contributed by atoms with Crippen LogP contribution in [0, 0.1) is 6.92 Å². The van der Waals surface area contributed by atoms with Crippen LogP contribution in [0.4, 0.5) is 9.80 Å². The Morgan fingerprint density at radius 2 is 2.10 bits per heavy atom. The minimum Gasteiger partial charge on any atom is -0.383 e. The topological polar surface area (TPSA) is 63.2 Å². The Balaban J connectivity index is 2.03. The average molecular weight is 291 g/mol. The number of nitrogens with one attached hydrogen (secondary N) is 2. The third-order valence-electron chi connectivity index (χ3n) is 2.64. The number of aromatic nitrogens is 1. The van der Waals surface area contributed by atoms with Gasteiger partial charge in [-0.05, 0) is 6.92 Å². The highest BCUT2D eigenvalue weighted by Crippen LogP contribution is 2.31. The zero-order valence-electron chi connectivity index (χ0n) is 11.5. The second-order valence-corrected chi connectivity index (χ2v) is 5.17. The van der Waals surface area contributed by atoms with Gasteiger partial charge in [-0.1, -0.05) is 41.7 Å². The molecule has 0 fully saturated rings.